The minimum Gasteiger partial charge on any atom is -0.309 e. The summed E-state index contributed by atoms with van der Waals surface area (Å²) in [5, 5.41) is 3.79. The maximum absolute atomic E-state index is 3.79. The summed E-state index contributed by atoms with van der Waals surface area (Å²) >= 11 is 0. The van der Waals surface area contributed by atoms with Crippen molar-refractivity contribution in [2.75, 3.05) is 6.54 Å². The van der Waals surface area contributed by atoms with Crippen LogP contribution < -0.4 is 5.32 Å². The van der Waals surface area contributed by atoms with Crippen molar-refractivity contribution in [2.45, 2.75) is 45.1 Å². The van der Waals surface area contributed by atoms with Gasteiger partial charge >= 0.3 is 0 Å². The van der Waals surface area contributed by atoms with E-state index >= 15 is 0 Å². The van der Waals surface area contributed by atoms with E-state index in [0.717, 1.165) is 6.54 Å². The molecule has 0 amide bonds. The standard InChI is InChI=1S/C20H25N/c1-3-14-21-20(17-10-8-15(2)9-11-17)19-13-12-16-6-4-5-7-18(16)19/h4-11,19-21H,3,12-14H2,1-2H3. The fourth-order valence-corrected chi connectivity index (χ4v) is 3.50. The van der Waals surface area contributed by atoms with Crippen LogP contribution in [0.2, 0.25) is 0 Å². The SMILES string of the molecule is CCCNC(c1ccc(C)cc1)C1CCc2ccccc21. The predicted molar refractivity (Wildman–Crippen MR) is 89.7 cm³/mol. The summed E-state index contributed by atoms with van der Waals surface area (Å²) in [6, 6.07) is 18.5. The number of nitrogens with one attached hydrogen (secondary N) is 1. The van der Waals surface area contributed by atoms with Crippen molar-refractivity contribution in [1.82, 2.24) is 5.32 Å². The molecule has 1 N–H and O–H groups in total. The van der Waals surface area contributed by atoms with Gasteiger partial charge in [-0.3, -0.25) is 0 Å². The summed E-state index contributed by atoms with van der Waals surface area (Å²) in [5.74, 6) is 0.607. The number of hydrogen-bond donors (Lipinski definition) is 1. The van der Waals surface area contributed by atoms with E-state index in [2.05, 4.69) is 67.7 Å². The van der Waals surface area contributed by atoms with Gasteiger partial charge in [-0.2, -0.15) is 0 Å². The Morgan fingerprint density at radius 1 is 1.10 bits per heavy atom. The molecular weight excluding hydrogens is 254 g/mol. The summed E-state index contributed by atoms with van der Waals surface area (Å²) in [4.78, 5) is 0. The topological polar surface area (TPSA) is 12.0 Å². The number of hydrogen-bond acceptors (Lipinski definition) is 1. The molecule has 0 aromatic heterocycles. The Labute approximate surface area is 128 Å². The Bertz CT molecular complexity index is 585. The molecule has 1 aliphatic rings. The first kappa shape index (κ1) is 14.3. The van der Waals surface area contributed by atoms with Crippen LogP contribution in [0.5, 0.6) is 0 Å². The number of rotatable bonds is 5. The average molecular weight is 279 g/mol. The van der Waals surface area contributed by atoms with Crippen LogP contribution in [0.3, 0.4) is 0 Å². The van der Waals surface area contributed by atoms with Crippen molar-refractivity contribution in [3.8, 4) is 0 Å². The van der Waals surface area contributed by atoms with E-state index in [1.807, 2.05) is 0 Å². The van der Waals surface area contributed by atoms with E-state index in [1.165, 1.54) is 36.0 Å². The first-order valence-corrected chi connectivity index (χ1v) is 8.17. The maximum Gasteiger partial charge on any atom is 0.0389 e. The molecule has 0 spiro atoms. The largest absolute Gasteiger partial charge is 0.309 e. The van der Waals surface area contributed by atoms with E-state index in [1.54, 1.807) is 5.56 Å². The molecule has 2 unspecified atom stereocenters. The van der Waals surface area contributed by atoms with E-state index in [-0.39, 0.29) is 0 Å². The van der Waals surface area contributed by atoms with Crippen molar-refractivity contribution in [1.29, 1.82) is 0 Å². The normalized spacial score (nSPS) is 18.5. The molecule has 0 aliphatic heterocycles. The van der Waals surface area contributed by atoms with Crippen molar-refractivity contribution in [3.05, 3.63) is 70.8 Å². The van der Waals surface area contributed by atoms with Crippen LogP contribution in [-0.2, 0) is 6.42 Å². The predicted octanol–water partition coefficient (Wildman–Crippen LogP) is 4.77. The second-order valence-corrected chi connectivity index (χ2v) is 6.19. The van der Waals surface area contributed by atoms with Crippen molar-refractivity contribution >= 4 is 0 Å². The number of benzene rings is 2. The molecule has 0 saturated carbocycles. The van der Waals surface area contributed by atoms with Crippen LogP contribution in [0.25, 0.3) is 0 Å². The van der Waals surface area contributed by atoms with Gasteiger partial charge in [0.1, 0.15) is 0 Å². The van der Waals surface area contributed by atoms with Crippen molar-refractivity contribution in [3.63, 3.8) is 0 Å². The van der Waals surface area contributed by atoms with Crippen LogP contribution >= 0.6 is 0 Å². The lowest BCUT2D eigenvalue weighted by molar-refractivity contribution is 0.442. The molecule has 1 heteroatoms. The lowest BCUT2D eigenvalue weighted by atomic mass is 9.88. The Balaban J connectivity index is 1.91. The highest BCUT2D eigenvalue weighted by Crippen LogP contribution is 2.41. The third-order valence-corrected chi connectivity index (χ3v) is 4.63. The molecule has 0 radical (unpaired) electrons. The molecule has 2 aromatic rings. The molecule has 0 heterocycles. The minimum absolute atomic E-state index is 0.439. The molecule has 3 rings (SSSR count). The van der Waals surface area contributed by atoms with E-state index in [4.69, 9.17) is 0 Å². The zero-order chi connectivity index (χ0) is 14.7. The van der Waals surface area contributed by atoms with Crippen molar-refractivity contribution < 1.29 is 0 Å². The molecule has 0 saturated heterocycles. The summed E-state index contributed by atoms with van der Waals surface area (Å²) in [6.45, 7) is 5.47. The van der Waals surface area contributed by atoms with Crippen LogP contribution in [0, 0.1) is 6.92 Å². The zero-order valence-corrected chi connectivity index (χ0v) is 13.1. The number of aryl methyl sites for hydroxylation is 2. The quantitative estimate of drug-likeness (QED) is 0.831. The van der Waals surface area contributed by atoms with Crippen LogP contribution in [0.4, 0.5) is 0 Å². The highest BCUT2D eigenvalue weighted by molar-refractivity contribution is 5.38. The molecule has 2 atom stereocenters. The first-order valence-electron chi connectivity index (χ1n) is 8.17. The van der Waals surface area contributed by atoms with Gasteiger partial charge in [-0.1, -0.05) is 61.0 Å². The van der Waals surface area contributed by atoms with Gasteiger partial charge in [0.25, 0.3) is 0 Å². The molecule has 0 bridgehead atoms. The Morgan fingerprint density at radius 3 is 2.62 bits per heavy atom. The summed E-state index contributed by atoms with van der Waals surface area (Å²) in [7, 11) is 0. The van der Waals surface area contributed by atoms with E-state index < -0.39 is 0 Å². The monoisotopic (exact) mass is 279 g/mol. The Morgan fingerprint density at radius 2 is 1.86 bits per heavy atom. The van der Waals surface area contributed by atoms with Gasteiger partial charge < -0.3 is 5.32 Å². The van der Waals surface area contributed by atoms with Gasteiger partial charge in [0.15, 0.2) is 0 Å². The molecule has 1 nitrogen and oxygen atoms in total. The van der Waals surface area contributed by atoms with E-state index in [0.29, 0.717) is 12.0 Å². The zero-order valence-electron chi connectivity index (χ0n) is 13.1. The van der Waals surface area contributed by atoms with Gasteiger partial charge in [0, 0.05) is 12.0 Å². The third kappa shape index (κ3) is 3.03. The Hall–Kier alpha value is -1.60. The fourth-order valence-electron chi connectivity index (χ4n) is 3.50. The fraction of sp³-hybridized carbons (Fsp3) is 0.400. The van der Waals surface area contributed by atoms with Gasteiger partial charge in [-0.25, -0.2) is 0 Å². The first-order chi connectivity index (χ1) is 10.3. The Kier molecular flexibility index (Phi) is 4.40. The molecule has 1 aliphatic carbocycles. The minimum atomic E-state index is 0.439. The highest BCUT2D eigenvalue weighted by Gasteiger charge is 2.30. The summed E-state index contributed by atoms with van der Waals surface area (Å²) in [6.07, 6.45) is 3.66. The molecule has 0 fully saturated rings. The average Bonchev–Trinajstić information content (AvgIpc) is 2.93. The second kappa shape index (κ2) is 6.44. The van der Waals surface area contributed by atoms with Gasteiger partial charge in [0.2, 0.25) is 0 Å². The lowest BCUT2D eigenvalue weighted by Crippen LogP contribution is -2.27. The summed E-state index contributed by atoms with van der Waals surface area (Å²) in [5.41, 5.74) is 5.85. The van der Waals surface area contributed by atoms with Crippen LogP contribution in [-0.4, -0.2) is 6.54 Å². The van der Waals surface area contributed by atoms with E-state index in [9.17, 15) is 0 Å². The van der Waals surface area contributed by atoms with Crippen LogP contribution in [0.1, 0.15) is 54.0 Å². The van der Waals surface area contributed by atoms with Gasteiger partial charge in [-0.15, -0.1) is 0 Å². The molecule has 110 valence electrons. The molecule has 2 aromatic carbocycles. The van der Waals surface area contributed by atoms with Crippen molar-refractivity contribution in [2.24, 2.45) is 0 Å². The molecular formula is C20H25N. The van der Waals surface area contributed by atoms with Gasteiger partial charge in [-0.05, 0) is 49.4 Å². The number of fused-ring (bicyclic) bond motifs is 1. The van der Waals surface area contributed by atoms with Gasteiger partial charge in [0.05, 0.1) is 0 Å². The maximum atomic E-state index is 3.79. The smallest absolute Gasteiger partial charge is 0.0389 e. The highest BCUT2D eigenvalue weighted by atomic mass is 14.9. The summed E-state index contributed by atoms with van der Waals surface area (Å²) < 4.78 is 0. The second-order valence-electron chi connectivity index (χ2n) is 6.19. The lowest BCUT2D eigenvalue weighted by Gasteiger charge is -2.26. The molecule has 21 heavy (non-hydrogen) atoms. The third-order valence-electron chi connectivity index (χ3n) is 4.63. The van der Waals surface area contributed by atoms with Crippen LogP contribution in [0.15, 0.2) is 48.5 Å².